The molecule has 0 saturated carbocycles. The van der Waals surface area contributed by atoms with Crippen LogP contribution in [0, 0.1) is 0 Å². The molecule has 0 aromatic heterocycles. The highest BCUT2D eigenvalue weighted by molar-refractivity contribution is 7.80. The van der Waals surface area contributed by atoms with Crippen molar-refractivity contribution in [3.8, 4) is 0 Å². The number of hydrogen-bond donors (Lipinski definition) is 3. The second-order valence-corrected chi connectivity index (χ2v) is 8.44. The monoisotopic (exact) mass is 458 g/mol. The highest BCUT2D eigenvalue weighted by atomic mass is 35.6. The van der Waals surface area contributed by atoms with E-state index in [-0.39, 0.29) is 23.0 Å². The molecule has 10 heteroatoms. The fourth-order valence-corrected chi connectivity index (χ4v) is 2.74. The lowest BCUT2D eigenvalue weighted by Gasteiger charge is -2.27. The largest absolute Gasteiger partial charge is 0.545 e. The van der Waals surface area contributed by atoms with Crippen molar-refractivity contribution in [2.24, 2.45) is 0 Å². The Bertz CT molecular complexity index is 843. The molecule has 0 radical (unpaired) electrons. The van der Waals surface area contributed by atoms with Crippen molar-refractivity contribution in [1.82, 2.24) is 10.6 Å². The maximum atomic E-state index is 12.3. The van der Waals surface area contributed by atoms with E-state index < -0.39 is 15.9 Å². The number of carbonyl (C=O) groups is 2. The number of carboxylic acids is 1. The third-order valence-corrected chi connectivity index (χ3v) is 4.37. The summed E-state index contributed by atoms with van der Waals surface area (Å²) in [6.45, 7) is 0. The van der Waals surface area contributed by atoms with Crippen molar-refractivity contribution in [2.75, 3.05) is 5.32 Å². The number of rotatable bonds is 6. The van der Waals surface area contributed by atoms with Gasteiger partial charge in [0.05, 0.1) is 12.4 Å². The number of benzene rings is 2. The molecule has 2 aromatic carbocycles. The van der Waals surface area contributed by atoms with Gasteiger partial charge in [-0.25, -0.2) is 0 Å². The molecule has 1 atom stereocenters. The number of amides is 1. The molecule has 28 heavy (non-hydrogen) atoms. The molecular formula is C18H15Cl3N3O3S-. The van der Waals surface area contributed by atoms with Crippen LogP contribution in [0.1, 0.15) is 15.9 Å². The Hall–Kier alpha value is -2.06. The summed E-state index contributed by atoms with van der Waals surface area (Å²) in [7, 11) is 0. The van der Waals surface area contributed by atoms with Crippen LogP contribution in [0.4, 0.5) is 5.69 Å². The Kier molecular flexibility index (Phi) is 7.88. The second kappa shape index (κ2) is 9.93. The van der Waals surface area contributed by atoms with Crippen LogP contribution in [0.3, 0.4) is 0 Å². The van der Waals surface area contributed by atoms with Gasteiger partial charge in [-0.3, -0.25) is 4.79 Å². The zero-order chi connectivity index (χ0) is 20.7. The van der Waals surface area contributed by atoms with Gasteiger partial charge in [0.25, 0.3) is 0 Å². The molecule has 2 rings (SSSR count). The Balaban J connectivity index is 1.98. The van der Waals surface area contributed by atoms with Crippen molar-refractivity contribution in [3.63, 3.8) is 0 Å². The van der Waals surface area contributed by atoms with Gasteiger partial charge >= 0.3 is 0 Å². The van der Waals surface area contributed by atoms with Crippen LogP contribution in [0.15, 0.2) is 54.6 Å². The third-order valence-electron chi connectivity index (χ3n) is 3.49. The molecule has 0 aliphatic rings. The van der Waals surface area contributed by atoms with E-state index in [9.17, 15) is 14.7 Å². The smallest absolute Gasteiger partial charge is 0.228 e. The number of thiocarbonyl (C=S) groups is 1. The SMILES string of the molecule is O=C(Cc1ccccc1)NC(NC(=S)Nc1ccc(C(=O)[O-])cc1)C(Cl)(Cl)Cl. The maximum absolute atomic E-state index is 12.3. The molecule has 1 unspecified atom stereocenters. The summed E-state index contributed by atoms with van der Waals surface area (Å²) in [5.74, 6) is -1.65. The summed E-state index contributed by atoms with van der Waals surface area (Å²) in [5.41, 5.74) is 1.33. The normalized spacial score (nSPS) is 12.0. The first-order chi connectivity index (χ1) is 13.1. The Labute approximate surface area is 182 Å². The zero-order valence-electron chi connectivity index (χ0n) is 14.2. The minimum atomic E-state index is -1.88. The molecule has 0 aliphatic heterocycles. The molecule has 0 aliphatic carbocycles. The summed E-state index contributed by atoms with van der Waals surface area (Å²) < 4.78 is -1.88. The average Bonchev–Trinajstić information content (AvgIpc) is 2.61. The van der Waals surface area contributed by atoms with Crippen molar-refractivity contribution in [3.05, 3.63) is 65.7 Å². The molecule has 6 nitrogen and oxygen atoms in total. The highest BCUT2D eigenvalue weighted by Gasteiger charge is 2.34. The predicted molar refractivity (Wildman–Crippen MR) is 112 cm³/mol. The van der Waals surface area contributed by atoms with Crippen LogP contribution in [0.2, 0.25) is 0 Å². The number of alkyl halides is 3. The Morgan fingerprint density at radius 2 is 1.61 bits per heavy atom. The number of aromatic carboxylic acids is 1. The number of halogens is 3. The first-order valence-corrected chi connectivity index (χ1v) is 9.48. The van der Waals surface area contributed by atoms with E-state index >= 15 is 0 Å². The minimum Gasteiger partial charge on any atom is -0.545 e. The fourth-order valence-electron chi connectivity index (χ4n) is 2.18. The first-order valence-electron chi connectivity index (χ1n) is 7.94. The van der Waals surface area contributed by atoms with Gasteiger partial charge in [0.15, 0.2) is 5.11 Å². The van der Waals surface area contributed by atoms with Gasteiger partial charge in [-0.05, 0) is 35.5 Å². The minimum absolute atomic E-state index is 0.0248. The van der Waals surface area contributed by atoms with Crippen LogP contribution in [0.5, 0.6) is 0 Å². The molecule has 0 fully saturated rings. The van der Waals surface area contributed by atoms with Gasteiger partial charge in [-0.15, -0.1) is 0 Å². The topological polar surface area (TPSA) is 93.3 Å². The molecule has 2 aromatic rings. The summed E-state index contributed by atoms with van der Waals surface area (Å²) in [6, 6.07) is 14.8. The van der Waals surface area contributed by atoms with Gasteiger partial charge in [-0.2, -0.15) is 0 Å². The lowest BCUT2D eigenvalue weighted by Crippen LogP contribution is -2.56. The van der Waals surface area contributed by atoms with Crippen LogP contribution < -0.4 is 21.1 Å². The molecular weight excluding hydrogens is 445 g/mol. The molecule has 3 N–H and O–H groups in total. The first kappa shape index (κ1) is 22.2. The van der Waals surface area contributed by atoms with Crippen LogP contribution in [0.25, 0.3) is 0 Å². The van der Waals surface area contributed by atoms with Gasteiger partial charge in [0, 0.05) is 5.69 Å². The van der Waals surface area contributed by atoms with Crippen molar-refractivity contribution in [1.29, 1.82) is 0 Å². The predicted octanol–water partition coefficient (Wildman–Crippen LogP) is 2.39. The molecule has 0 spiro atoms. The number of nitrogens with one attached hydrogen (secondary N) is 3. The summed E-state index contributed by atoms with van der Waals surface area (Å²) >= 11 is 23.0. The molecule has 0 heterocycles. The lowest BCUT2D eigenvalue weighted by molar-refractivity contribution is -0.255. The molecule has 0 bridgehead atoms. The molecule has 1 amide bonds. The number of anilines is 1. The van der Waals surface area contributed by atoms with Crippen LogP contribution in [-0.4, -0.2) is 26.9 Å². The van der Waals surface area contributed by atoms with E-state index in [1.165, 1.54) is 24.3 Å². The zero-order valence-corrected chi connectivity index (χ0v) is 17.3. The van der Waals surface area contributed by atoms with E-state index in [0.29, 0.717) is 5.69 Å². The third kappa shape index (κ3) is 7.16. The van der Waals surface area contributed by atoms with E-state index in [1.807, 2.05) is 18.2 Å². The van der Waals surface area contributed by atoms with Crippen molar-refractivity contribution < 1.29 is 14.7 Å². The van der Waals surface area contributed by atoms with E-state index in [1.54, 1.807) is 12.1 Å². The lowest BCUT2D eigenvalue weighted by atomic mass is 10.1. The average molecular weight is 460 g/mol. The summed E-state index contributed by atoms with van der Waals surface area (Å²) in [5, 5.41) is 19.0. The quantitative estimate of drug-likeness (QED) is 0.349. The Morgan fingerprint density at radius 1 is 1.00 bits per heavy atom. The van der Waals surface area contributed by atoms with E-state index in [4.69, 9.17) is 47.0 Å². The highest BCUT2D eigenvalue weighted by Crippen LogP contribution is 2.29. The van der Waals surface area contributed by atoms with Crippen LogP contribution in [-0.2, 0) is 11.2 Å². The number of hydrogen-bond acceptors (Lipinski definition) is 4. The van der Waals surface area contributed by atoms with Gasteiger partial charge < -0.3 is 25.9 Å². The van der Waals surface area contributed by atoms with Gasteiger partial charge in [-0.1, -0.05) is 77.3 Å². The fraction of sp³-hybridized carbons (Fsp3) is 0.167. The van der Waals surface area contributed by atoms with Crippen LogP contribution >= 0.6 is 47.0 Å². The second-order valence-electron chi connectivity index (χ2n) is 5.67. The Morgan fingerprint density at radius 3 is 2.14 bits per heavy atom. The summed E-state index contributed by atoms with van der Waals surface area (Å²) in [4.78, 5) is 23.0. The van der Waals surface area contributed by atoms with Crippen molar-refractivity contribution >= 4 is 69.7 Å². The maximum Gasteiger partial charge on any atom is 0.228 e. The van der Waals surface area contributed by atoms with E-state index in [0.717, 1.165) is 5.56 Å². The standard InChI is InChI=1S/C18H16Cl3N3O3S/c19-18(20,21)16(23-14(25)10-11-4-2-1-3-5-11)24-17(28)22-13-8-6-12(7-9-13)15(26)27/h1-9,16H,10H2,(H,23,25)(H,26,27)(H2,22,24,28)/p-1. The van der Waals surface area contributed by atoms with E-state index in [2.05, 4.69) is 16.0 Å². The van der Waals surface area contributed by atoms with Gasteiger partial charge in [0.2, 0.25) is 9.70 Å². The molecule has 148 valence electrons. The number of carbonyl (C=O) groups excluding carboxylic acids is 2. The number of carboxylic acid groups (broad SMARTS) is 1. The van der Waals surface area contributed by atoms with Crippen molar-refractivity contribution in [2.45, 2.75) is 16.4 Å². The molecule has 0 saturated heterocycles. The summed E-state index contributed by atoms with van der Waals surface area (Å²) in [6.07, 6.45) is -0.999. The van der Waals surface area contributed by atoms with Gasteiger partial charge in [0.1, 0.15) is 6.17 Å².